The van der Waals surface area contributed by atoms with Crippen LogP contribution in [0.25, 0.3) is 0 Å². The van der Waals surface area contributed by atoms with E-state index in [1.807, 2.05) is 0 Å². The summed E-state index contributed by atoms with van der Waals surface area (Å²) in [4.78, 5) is 19.1. The molecule has 2 rings (SSSR count). The van der Waals surface area contributed by atoms with Gasteiger partial charge in [-0.2, -0.15) is 5.10 Å². The Bertz CT molecular complexity index is 502. The Balaban J connectivity index is 2.15. The lowest BCUT2D eigenvalue weighted by molar-refractivity contribution is 0.102. The Morgan fingerprint density at radius 2 is 2.19 bits per heavy atom. The van der Waals surface area contributed by atoms with Crippen LogP contribution in [0.15, 0.2) is 30.9 Å². The molecule has 0 bridgehead atoms. The lowest BCUT2D eigenvalue weighted by atomic mass is 10.2. The third-order valence-electron chi connectivity index (χ3n) is 1.69. The molecule has 0 radical (unpaired) electrons. The van der Waals surface area contributed by atoms with Gasteiger partial charge >= 0.3 is 0 Å². The Kier molecular flexibility index (Phi) is 2.68. The minimum absolute atomic E-state index is 0.0836. The van der Waals surface area contributed by atoms with Gasteiger partial charge in [0.1, 0.15) is 5.75 Å². The van der Waals surface area contributed by atoms with E-state index in [9.17, 15) is 4.79 Å². The SMILES string of the molecule is O=C(Nc1nccnn1)c1cncc(O)c1. The highest BCUT2D eigenvalue weighted by Gasteiger charge is 2.08. The van der Waals surface area contributed by atoms with Crippen molar-refractivity contribution in [2.45, 2.75) is 0 Å². The molecular formula is C9H7N5O2. The zero-order valence-corrected chi connectivity index (χ0v) is 8.03. The summed E-state index contributed by atoms with van der Waals surface area (Å²) in [6, 6.07) is 1.29. The highest BCUT2D eigenvalue weighted by Crippen LogP contribution is 2.09. The molecule has 0 saturated carbocycles. The lowest BCUT2D eigenvalue weighted by Crippen LogP contribution is -2.14. The Hall–Kier alpha value is -2.57. The van der Waals surface area contributed by atoms with Crippen LogP contribution >= 0.6 is 0 Å². The molecule has 2 aromatic rings. The second-order valence-electron chi connectivity index (χ2n) is 2.85. The molecular weight excluding hydrogens is 210 g/mol. The number of carbonyl (C=O) groups excluding carboxylic acids is 1. The zero-order valence-electron chi connectivity index (χ0n) is 8.03. The number of hydrogen-bond donors (Lipinski definition) is 2. The van der Waals surface area contributed by atoms with E-state index in [2.05, 4.69) is 25.5 Å². The molecule has 0 saturated heterocycles. The molecule has 0 aliphatic rings. The average Bonchev–Trinajstić information content (AvgIpc) is 2.30. The van der Waals surface area contributed by atoms with Gasteiger partial charge in [0.2, 0.25) is 5.95 Å². The Morgan fingerprint density at radius 1 is 1.31 bits per heavy atom. The van der Waals surface area contributed by atoms with Crippen molar-refractivity contribution in [2.75, 3.05) is 5.32 Å². The number of aromatic nitrogens is 4. The minimum atomic E-state index is -0.462. The highest BCUT2D eigenvalue weighted by molar-refractivity contribution is 6.03. The molecule has 16 heavy (non-hydrogen) atoms. The molecule has 7 heteroatoms. The second kappa shape index (κ2) is 4.30. The van der Waals surface area contributed by atoms with Crippen LogP contribution in [0.4, 0.5) is 5.95 Å². The smallest absolute Gasteiger partial charge is 0.259 e. The van der Waals surface area contributed by atoms with Gasteiger partial charge in [0.15, 0.2) is 0 Å². The number of hydrogen-bond acceptors (Lipinski definition) is 6. The predicted molar refractivity (Wildman–Crippen MR) is 53.7 cm³/mol. The van der Waals surface area contributed by atoms with Crippen molar-refractivity contribution in [3.8, 4) is 5.75 Å². The van der Waals surface area contributed by atoms with Crippen LogP contribution < -0.4 is 5.32 Å². The predicted octanol–water partition coefficient (Wildman–Crippen LogP) is 0.224. The van der Waals surface area contributed by atoms with Gasteiger partial charge < -0.3 is 5.11 Å². The molecule has 0 spiro atoms. The number of nitrogens with zero attached hydrogens (tertiary/aromatic N) is 4. The zero-order chi connectivity index (χ0) is 11.4. The normalized spacial score (nSPS) is 9.75. The standard InChI is InChI=1S/C9H7N5O2/c15-7-3-6(4-10-5-7)8(16)13-9-11-1-2-12-14-9/h1-5,15H,(H,11,13,14,16). The van der Waals surface area contributed by atoms with Crippen LogP contribution in [0.5, 0.6) is 5.75 Å². The van der Waals surface area contributed by atoms with E-state index in [4.69, 9.17) is 5.11 Å². The van der Waals surface area contributed by atoms with Gasteiger partial charge in [-0.3, -0.25) is 15.1 Å². The fourth-order valence-corrected chi connectivity index (χ4v) is 1.03. The monoisotopic (exact) mass is 217 g/mol. The third kappa shape index (κ3) is 2.27. The van der Waals surface area contributed by atoms with Gasteiger partial charge in [-0.1, -0.05) is 0 Å². The van der Waals surface area contributed by atoms with E-state index >= 15 is 0 Å². The first kappa shape index (κ1) is 9.97. The molecule has 2 heterocycles. The van der Waals surface area contributed by atoms with Gasteiger partial charge in [-0.25, -0.2) is 4.98 Å². The Labute approximate surface area is 90.2 Å². The van der Waals surface area contributed by atoms with E-state index in [0.717, 1.165) is 0 Å². The molecule has 0 aliphatic heterocycles. The molecule has 0 unspecified atom stereocenters. The molecule has 0 atom stereocenters. The number of rotatable bonds is 2. The summed E-state index contributed by atoms with van der Waals surface area (Å²) in [5, 5.41) is 18.7. The van der Waals surface area contributed by atoms with Crippen LogP contribution in [0.2, 0.25) is 0 Å². The molecule has 1 amide bonds. The van der Waals surface area contributed by atoms with Crippen molar-refractivity contribution in [3.63, 3.8) is 0 Å². The topological polar surface area (TPSA) is 101 Å². The van der Waals surface area contributed by atoms with Gasteiger partial charge in [-0.15, -0.1) is 5.10 Å². The maximum atomic E-state index is 11.6. The molecule has 80 valence electrons. The third-order valence-corrected chi connectivity index (χ3v) is 1.69. The van der Waals surface area contributed by atoms with Crippen molar-refractivity contribution < 1.29 is 9.90 Å². The van der Waals surface area contributed by atoms with Crippen molar-refractivity contribution in [1.29, 1.82) is 0 Å². The lowest BCUT2D eigenvalue weighted by Gasteiger charge is -2.01. The maximum absolute atomic E-state index is 11.6. The summed E-state index contributed by atoms with van der Waals surface area (Å²) < 4.78 is 0. The fraction of sp³-hybridized carbons (Fsp3) is 0. The van der Waals surface area contributed by atoms with Crippen LogP contribution in [0.3, 0.4) is 0 Å². The first-order valence-electron chi connectivity index (χ1n) is 4.35. The fourth-order valence-electron chi connectivity index (χ4n) is 1.03. The number of anilines is 1. The summed E-state index contributed by atoms with van der Waals surface area (Å²) in [5.41, 5.74) is 0.215. The van der Waals surface area contributed by atoms with Crippen LogP contribution in [-0.4, -0.2) is 31.2 Å². The first-order chi connectivity index (χ1) is 7.75. The van der Waals surface area contributed by atoms with Gasteiger partial charge in [0, 0.05) is 6.20 Å². The quantitative estimate of drug-likeness (QED) is 0.746. The number of aromatic hydroxyl groups is 1. The molecule has 2 aromatic heterocycles. The van der Waals surface area contributed by atoms with Crippen molar-refractivity contribution in [2.24, 2.45) is 0 Å². The summed E-state index contributed by atoms with van der Waals surface area (Å²) in [6.45, 7) is 0. The maximum Gasteiger partial charge on any atom is 0.259 e. The van der Waals surface area contributed by atoms with Crippen LogP contribution in [-0.2, 0) is 0 Å². The number of pyridine rings is 1. The van der Waals surface area contributed by atoms with Gasteiger partial charge in [0.05, 0.1) is 24.2 Å². The largest absolute Gasteiger partial charge is 0.506 e. The van der Waals surface area contributed by atoms with Crippen molar-refractivity contribution in [1.82, 2.24) is 20.2 Å². The minimum Gasteiger partial charge on any atom is -0.506 e. The van der Waals surface area contributed by atoms with Crippen LogP contribution in [0.1, 0.15) is 10.4 Å². The number of carbonyl (C=O) groups is 1. The molecule has 7 nitrogen and oxygen atoms in total. The van der Waals surface area contributed by atoms with Gasteiger partial charge in [-0.05, 0) is 6.07 Å². The van der Waals surface area contributed by atoms with E-state index in [1.165, 1.54) is 30.9 Å². The van der Waals surface area contributed by atoms with E-state index in [1.54, 1.807) is 0 Å². The molecule has 0 aromatic carbocycles. The van der Waals surface area contributed by atoms with Crippen molar-refractivity contribution >= 4 is 11.9 Å². The summed E-state index contributed by atoms with van der Waals surface area (Å²) in [7, 11) is 0. The molecule has 0 aliphatic carbocycles. The summed E-state index contributed by atoms with van der Waals surface area (Å²) in [5.74, 6) is -0.452. The first-order valence-corrected chi connectivity index (χ1v) is 4.35. The number of amides is 1. The van der Waals surface area contributed by atoms with Crippen LogP contribution in [0, 0.1) is 0 Å². The summed E-state index contributed by atoms with van der Waals surface area (Å²) >= 11 is 0. The van der Waals surface area contributed by atoms with E-state index in [0.29, 0.717) is 0 Å². The second-order valence-corrected chi connectivity index (χ2v) is 2.85. The van der Waals surface area contributed by atoms with E-state index in [-0.39, 0.29) is 17.3 Å². The Morgan fingerprint density at radius 3 is 2.88 bits per heavy atom. The average molecular weight is 217 g/mol. The van der Waals surface area contributed by atoms with E-state index < -0.39 is 5.91 Å². The summed E-state index contributed by atoms with van der Waals surface area (Å²) in [6.07, 6.45) is 5.36. The number of nitrogens with one attached hydrogen (secondary N) is 1. The van der Waals surface area contributed by atoms with Gasteiger partial charge in [0.25, 0.3) is 5.91 Å². The molecule has 0 fully saturated rings. The highest BCUT2D eigenvalue weighted by atomic mass is 16.3. The molecule has 2 N–H and O–H groups in total. The van der Waals surface area contributed by atoms with Crippen molar-refractivity contribution in [3.05, 3.63) is 36.4 Å².